The molecule has 1 atom stereocenters. The van der Waals surface area contributed by atoms with Crippen LogP contribution in [-0.2, 0) is 0 Å². The zero-order valence-corrected chi connectivity index (χ0v) is 14.2. The summed E-state index contributed by atoms with van der Waals surface area (Å²) in [5, 5.41) is 7.82. The van der Waals surface area contributed by atoms with Gasteiger partial charge in [-0.25, -0.2) is 4.68 Å². The Kier molecular flexibility index (Phi) is 5.15. The van der Waals surface area contributed by atoms with Gasteiger partial charge in [0, 0.05) is 25.7 Å². The van der Waals surface area contributed by atoms with Gasteiger partial charge in [0.1, 0.15) is 0 Å². The van der Waals surface area contributed by atoms with Gasteiger partial charge in [0.2, 0.25) is 0 Å². The topological polar surface area (TPSA) is 59.4 Å². The summed E-state index contributed by atoms with van der Waals surface area (Å²) in [6, 6.07) is 9.91. The maximum absolute atomic E-state index is 13.0. The van der Waals surface area contributed by atoms with Gasteiger partial charge in [-0.2, -0.15) is 5.10 Å². The third-order valence-corrected chi connectivity index (χ3v) is 4.13. The summed E-state index contributed by atoms with van der Waals surface area (Å²) in [6.45, 7) is 6.95. The van der Waals surface area contributed by atoms with E-state index in [4.69, 9.17) is 4.74 Å². The Balaban J connectivity index is 1.92. The summed E-state index contributed by atoms with van der Waals surface area (Å²) < 4.78 is 7.50. The van der Waals surface area contributed by atoms with Crippen LogP contribution in [0.3, 0.4) is 0 Å². The monoisotopic (exact) mass is 328 g/mol. The van der Waals surface area contributed by atoms with Crippen LogP contribution in [0.25, 0.3) is 5.69 Å². The van der Waals surface area contributed by atoms with E-state index in [2.05, 4.69) is 10.4 Å². The van der Waals surface area contributed by atoms with E-state index < -0.39 is 0 Å². The molecule has 24 heavy (non-hydrogen) atoms. The molecule has 2 aromatic rings. The van der Waals surface area contributed by atoms with Crippen LogP contribution in [0, 0.1) is 0 Å². The van der Waals surface area contributed by atoms with E-state index in [1.165, 1.54) is 0 Å². The van der Waals surface area contributed by atoms with Crippen molar-refractivity contribution in [2.24, 2.45) is 0 Å². The molecule has 1 N–H and O–H groups in total. The number of benzene rings is 1. The normalized spacial score (nSPS) is 17.8. The zero-order valence-electron chi connectivity index (χ0n) is 14.2. The Morgan fingerprint density at radius 1 is 1.38 bits per heavy atom. The molecular formula is C18H24N4O2. The van der Waals surface area contributed by atoms with Crippen LogP contribution in [0.15, 0.2) is 36.5 Å². The van der Waals surface area contributed by atoms with Crippen molar-refractivity contribution >= 4 is 5.91 Å². The number of hydrogen-bond donors (Lipinski definition) is 1. The van der Waals surface area contributed by atoms with Gasteiger partial charge in [0.25, 0.3) is 5.91 Å². The van der Waals surface area contributed by atoms with Gasteiger partial charge in [0.05, 0.1) is 18.5 Å². The number of carbonyl (C=O) groups excluding carboxylic acids is 1. The number of aromatic nitrogens is 2. The first kappa shape index (κ1) is 16.5. The molecule has 6 nitrogen and oxygen atoms in total. The number of piperazine rings is 1. The molecular weight excluding hydrogens is 304 g/mol. The molecule has 2 heterocycles. The summed E-state index contributed by atoms with van der Waals surface area (Å²) in [4.78, 5) is 14.8. The SMILES string of the molecule is CCCOc1cn(-c2ccccc2)nc1C(=O)N1CCNC[C@@H]1C. The standard InChI is InChI=1S/C18H24N4O2/c1-3-11-24-16-13-22(15-7-5-4-6-8-15)20-17(16)18(23)21-10-9-19-12-14(21)2/h4-8,13-14,19H,3,9-12H2,1-2H3/t14-/m0/s1. The highest BCUT2D eigenvalue weighted by atomic mass is 16.5. The molecule has 0 aliphatic carbocycles. The number of carbonyl (C=O) groups is 1. The lowest BCUT2D eigenvalue weighted by atomic mass is 10.2. The lowest BCUT2D eigenvalue weighted by molar-refractivity contribution is 0.0645. The third-order valence-electron chi connectivity index (χ3n) is 4.13. The minimum absolute atomic E-state index is 0.0650. The molecule has 1 amide bonds. The van der Waals surface area contributed by atoms with Crippen molar-refractivity contribution in [3.63, 3.8) is 0 Å². The quantitative estimate of drug-likeness (QED) is 0.913. The first-order chi connectivity index (χ1) is 11.7. The molecule has 1 aliphatic heterocycles. The molecule has 0 radical (unpaired) electrons. The molecule has 1 aliphatic rings. The Bertz CT molecular complexity index is 684. The van der Waals surface area contributed by atoms with E-state index in [0.717, 1.165) is 25.2 Å². The fourth-order valence-corrected chi connectivity index (χ4v) is 2.82. The van der Waals surface area contributed by atoms with Gasteiger partial charge in [-0.15, -0.1) is 0 Å². The van der Waals surface area contributed by atoms with Gasteiger partial charge in [-0.1, -0.05) is 25.1 Å². The smallest absolute Gasteiger partial charge is 0.278 e. The highest BCUT2D eigenvalue weighted by Crippen LogP contribution is 2.23. The van der Waals surface area contributed by atoms with Gasteiger partial charge >= 0.3 is 0 Å². The van der Waals surface area contributed by atoms with Crippen molar-refractivity contribution in [1.82, 2.24) is 20.0 Å². The van der Waals surface area contributed by atoms with E-state index in [1.54, 1.807) is 10.9 Å². The lowest BCUT2D eigenvalue weighted by Gasteiger charge is -2.33. The number of ether oxygens (including phenoxy) is 1. The van der Waals surface area contributed by atoms with Gasteiger partial charge in [0.15, 0.2) is 11.4 Å². The second kappa shape index (κ2) is 7.49. The summed E-state index contributed by atoms with van der Waals surface area (Å²) in [7, 11) is 0. The van der Waals surface area contributed by atoms with Crippen LogP contribution in [-0.4, -0.2) is 52.9 Å². The molecule has 3 rings (SSSR count). The molecule has 0 bridgehead atoms. The predicted octanol–water partition coefficient (Wildman–Crippen LogP) is 2.09. The van der Waals surface area contributed by atoms with E-state index in [9.17, 15) is 4.79 Å². The third kappa shape index (κ3) is 3.43. The van der Waals surface area contributed by atoms with Crippen molar-refractivity contribution in [1.29, 1.82) is 0 Å². The van der Waals surface area contributed by atoms with Crippen LogP contribution in [0.1, 0.15) is 30.8 Å². The molecule has 0 unspecified atom stereocenters. The Labute approximate surface area is 142 Å². The number of amides is 1. The Morgan fingerprint density at radius 3 is 2.88 bits per heavy atom. The first-order valence-corrected chi connectivity index (χ1v) is 8.50. The molecule has 1 saturated heterocycles. The second-order valence-corrected chi connectivity index (χ2v) is 6.02. The van der Waals surface area contributed by atoms with Crippen molar-refractivity contribution in [2.45, 2.75) is 26.3 Å². The van der Waals surface area contributed by atoms with Crippen LogP contribution in [0.4, 0.5) is 0 Å². The van der Waals surface area contributed by atoms with Crippen LogP contribution >= 0.6 is 0 Å². The molecule has 1 aromatic heterocycles. The Morgan fingerprint density at radius 2 is 2.17 bits per heavy atom. The number of para-hydroxylation sites is 1. The van der Waals surface area contributed by atoms with Crippen molar-refractivity contribution in [3.8, 4) is 11.4 Å². The number of nitrogens with zero attached hydrogens (tertiary/aromatic N) is 3. The summed E-state index contributed by atoms with van der Waals surface area (Å²) in [6.07, 6.45) is 2.68. The molecule has 128 valence electrons. The van der Waals surface area contributed by atoms with Crippen LogP contribution < -0.4 is 10.1 Å². The zero-order chi connectivity index (χ0) is 16.9. The van der Waals surface area contributed by atoms with E-state index >= 15 is 0 Å². The minimum atomic E-state index is -0.0650. The van der Waals surface area contributed by atoms with Gasteiger partial charge in [-0.3, -0.25) is 4.79 Å². The Hall–Kier alpha value is -2.34. The first-order valence-electron chi connectivity index (χ1n) is 8.50. The summed E-state index contributed by atoms with van der Waals surface area (Å²) in [5.41, 5.74) is 1.30. The fraction of sp³-hybridized carbons (Fsp3) is 0.444. The predicted molar refractivity (Wildman–Crippen MR) is 92.7 cm³/mol. The largest absolute Gasteiger partial charge is 0.489 e. The summed E-state index contributed by atoms with van der Waals surface area (Å²) >= 11 is 0. The van der Waals surface area contributed by atoms with Gasteiger partial charge in [-0.05, 0) is 25.5 Å². The highest BCUT2D eigenvalue weighted by Gasteiger charge is 2.29. The minimum Gasteiger partial charge on any atom is -0.489 e. The average molecular weight is 328 g/mol. The van der Waals surface area contributed by atoms with Gasteiger partial charge < -0.3 is 15.0 Å². The van der Waals surface area contributed by atoms with E-state index in [0.29, 0.717) is 24.6 Å². The maximum Gasteiger partial charge on any atom is 0.278 e. The lowest BCUT2D eigenvalue weighted by Crippen LogP contribution is -2.52. The molecule has 6 heteroatoms. The molecule has 0 spiro atoms. The average Bonchev–Trinajstić information content (AvgIpc) is 3.05. The van der Waals surface area contributed by atoms with Crippen LogP contribution in [0.2, 0.25) is 0 Å². The summed E-state index contributed by atoms with van der Waals surface area (Å²) in [5.74, 6) is 0.487. The number of rotatable bonds is 5. The fourth-order valence-electron chi connectivity index (χ4n) is 2.82. The molecule has 1 aromatic carbocycles. The van der Waals surface area contributed by atoms with Crippen molar-refractivity contribution < 1.29 is 9.53 Å². The number of hydrogen-bond acceptors (Lipinski definition) is 4. The maximum atomic E-state index is 13.0. The van der Waals surface area contributed by atoms with Crippen molar-refractivity contribution in [3.05, 3.63) is 42.2 Å². The highest BCUT2D eigenvalue weighted by molar-refractivity contribution is 5.95. The molecule has 1 fully saturated rings. The van der Waals surface area contributed by atoms with Crippen LogP contribution in [0.5, 0.6) is 5.75 Å². The van der Waals surface area contributed by atoms with E-state index in [-0.39, 0.29) is 11.9 Å². The molecule has 0 saturated carbocycles. The van der Waals surface area contributed by atoms with E-state index in [1.807, 2.05) is 49.1 Å². The second-order valence-electron chi connectivity index (χ2n) is 6.02. The van der Waals surface area contributed by atoms with Crippen molar-refractivity contribution in [2.75, 3.05) is 26.2 Å². The number of nitrogens with one attached hydrogen (secondary N) is 1.